The minimum absolute atomic E-state index is 4.09. The molecular formula is C5H7F8O5P. The van der Waals surface area contributed by atoms with Crippen LogP contribution in [0, 0.1) is 0 Å². The van der Waals surface area contributed by atoms with Gasteiger partial charge in [-0.05, 0) is 0 Å². The molecule has 0 radical (unpaired) electrons. The Hall–Kier alpha value is -0.490. The average molecular weight is 330 g/mol. The van der Waals surface area contributed by atoms with Crippen molar-refractivity contribution in [3.05, 3.63) is 0 Å². The molecule has 0 aliphatic heterocycles. The number of aliphatic hydroxyl groups is 1. The third kappa shape index (κ3) is 8.31. The van der Waals surface area contributed by atoms with Crippen LogP contribution in [-0.2, 0) is 4.57 Å². The fraction of sp³-hybridized carbons (Fsp3) is 1.00. The van der Waals surface area contributed by atoms with E-state index < -0.39 is 38.6 Å². The zero-order valence-electron chi connectivity index (χ0n) is 8.40. The smallest absolute Gasteiger partial charge is 0.331 e. The van der Waals surface area contributed by atoms with Gasteiger partial charge in [0.1, 0.15) is 0 Å². The fourth-order valence-electron chi connectivity index (χ4n) is 0.494. The van der Waals surface area contributed by atoms with Gasteiger partial charge in [-0.15, -0.1) is 0 Å². The number of hydrogen-bond donors (Lipinski definition) is 4. The monoisotopic (exact) mass is 330 g/mol. The summed E-state index contributed by atoms with van der Waals surface area (Å²) in [5.41, 5.74) is 0. The molecule has 4 N–H and O–H groups in total. The molecule has 5 nitrogen and oxygen atoms in total. The molecule has 0 aliphatic rings. The molecule has 0 heterocycles. The molecule has 0 saturated heterocycles. The Morgan fingerprint density at radius 1 is 0.895 bits per heavy atom. The molecule has 0 rings (SSSR count). The molecule has 2 unspecified atom stereocenters. The van der Waals surface area contributed by atoms with Crippen LogP contribution in [0.25, 0.3) is 0 Å². The van der Waals surface area contributed by atoms with Gasteiger partial charge in [-0.2, -0.15) is 17.6 Å². The third-order valence-electron chi connectivity index (χ3n) is 1.27. The summed E-state index contributed by atoms with van der Waals surface area (Å²) in [4.78, 5) is 21.6. The first-order valence-corrected chi connectivity index (χ1v) is 5.41. The average Bonchev–Trinajstić information content (AvgIpc) is 2.10. The van der Waals surface area contributed by atoms with Gasteiger partial charge in [-0.3, -0.25) is 0 Å². The van der Waals surface area contributed by atoms with E-state index in [2.05, 4.69) is 0 Å². The zero-order chi connectivity index (χ0) is 16.2. The summed E-state index contributed by atoms with van der Waals surface area (Å²) in [6.45, 7) is 0. The van der Waals surface area contributed by atoms with E-state index in [4.69, 9.17) is 24.4 Å². The van der Waals surface area contributed by atoms with Crippen LogP contribution < -0.4 is 0 Å². The SMILES string of the molecule is O=P(O)(O)O.OC(F)(F)C(F)(F)C(F)C(F)C(F)F. The summed E-state index contributed by atoms with van der Waals surface area (Å²) < 4.78 is 103. The van der Waals surface area contributed by atoms with E-state index in [9.17, 15) is 35.1 Å². The first-order valence-electron chi connectivity index (χ1n) is 3.84. The second kappa shape index (κ2) is 6.79. The normalized spacial score (nSPS) is 16.7. The van der Waals surface area contributed by atoms with Gasteiger partial charge in [0.25, 0.3) is 6.43 Å². The highest BCUT2D eigenvalue weighted by Crippen LogP contribution is 2.39. The standard InChI is InChI=1S/C5H4F8O.H3O4P/c6-1(3(8)9)2(7)4(10,11)5(12,13)14;1-5(2,3)4/h1-3,14H;(H3,1,2,3,4). The highest BCUT2D eigenvalue weighted by atomic mass is 31.2. The predicted octanol–water partition coefficient (Wildman–Crippen LogP) is 1.22. The first kappa shape index (κ1) is 20.8. The van der Waals surface area contributed by atoms with E-state index in [0.29, 0.717) is 0 Å². The van der Waals surface area contributed by atoms with E-state index in [1.165, 1.54) is 0 Å². The largest absolute Gasteiger partial charge is 0.466 e. The van der Waals surface area contributed by atoms with Crippen molar-refractivity contribution in [3.8, 4) is 0 Å². The lowest BCUT2D eigenvalue weighted by Crippen LogP contribution is -2.52. The topological polar surface area (TPSA) is 98.0 Å². The third-order valence-corrected chi connectivity index (χ3v) is 1.27. The molecule has 0 bridgehead atoms. The van der Waals surface area contributed by atoms with Crippen molar-refractivity contribution in [3.63, 3.8) is 0 Å². The molecule has 0 aromatic heterocycles. The molecule has 14 heteroatoms. The summed E-state index contributed by atoms with van der Waals surface area (Å²) in [5, 5.41) is 7.41. The Morgan fingerprint density at radius 2 is 1.16 bits per heavy atom. The van der Waals surface area contributed by atoms with Gasteiger partial charge >= 0.3 is 19.9 Å². The van der Waals surface area contributed by atoms with Gasteiger partial charge < -0.3 is 19.8 Å². The summed E-state index contributed by atoms with van der Waals surface area (Å²) >= 11 is 0. The van der Waals surface area contributed by atoms with Gasteiger partial charge in [0.2, 0.25) is 6.17 Å². The Kier molecular flexibility index (Phi) is 7.44. The molecule has 0 amide bonds. The van der Waals surface area contributed by atoms with Crippen molar-refractivity contribution in [2.75, 3.05) is 0 Å². The van der Waals surface area contributed by atoms with E-state index >= 15 is 0 Å². The van der Waals surface area contributed by atoms with Crippen molar-refractivity contribution in [1.82, 2.24) is 0 Å². The van der Waals surface area contributed by atoms with E-state index in [1.54, 1.807) is 0 Å². The highest BCUT2D eigenvalue weighted by Gasteiger charge is 2.65. The lowest BCUT2D eigenvalue weighted by molar-refractivity contribution is -0.349. The fourth-order valence-corrected chi connectivity index (χ4v) is 0.494. The molecule has 0 aromatic carbocycles. The van der Waals surface area contributed by atoms with Crippen LogP contribution in [0.1, 0.15) is 0 Å². The summed E-state index contributed by atoms with van der Waals surface area (Å²) in [6, 6.07) is 0. The molecule has 0 fully saturated rings. The van der Waals surface area contributed by atoms with Crippen LogP contribution >= 0.6 is 7.82 Å². The van der Waals surface area contributed by atoms with Crippen LogP contribution in [0.4, 0.5) is 35.1 Å². The second-order valence-electron chi connectivity index (χ2n) is 2.86. The van der Waals surface area contributed by atoms with Crippen LogP contribution in [0.3, 0.4) is 0 Å². The van der Waals surface area contributed by atoms with Crippen LogP contribution in [0.15, 0.2) is 0 Å². The van der Waals surface area contributed by atoms with E-state index in [0.717, 1.165) is 0 Å². The molecule has 0 aromatic rings. The zero-order valence-corrected chi connectivity index (χ0v) is 9.29. The second-order valence-corrected chi connectivity index (χ2v) is 3.88. The van der Waals surface area contributed by atoms with Crippen molar-refractivity contribution >= 4 is 7.82 Å². The minimum atomic E-state index is -5.90. The van der Waals surface area contributed by atoms with E-state index in [-0.39, 0.29) is 0 Å². The van der Waals surface area contributed by atoms with Crippen LogP contribution in [-0.4, -0.2) is 50.6 Å². The van der Waals surface area contributed by atoms with E-state index in [1.807, 2.05) is 0 Å². The predicted molar refractivity (Wildman–Crippen MR) is 42.2 cm³/mol. The summed E-state index contributed by atoms with van der Waals surface area (Å²) in [7, 11) is -4.64. The van der Waals surface area contributed by atoms with Crippen LogP contribution in [0.5, 0.6) is 0 Å². The van der Waals surface area contributed by atoms with Gasteiger partial charge in [0.05, 0.1) is 0 Å². The van der Waals surface area contributed by atoms with Crippen molar-refractivity contribution in [2.24, 2.45) is 0 Å². The first-order chi connectivity index (χ1) is 8.01. The minimum Gasteiger partial charge on any atom is -0.331 e. The summed E-state index contributed by atoms with van der Waals surface area (Å²) in [6.07, 6.45) is -18.7. The maximum Gasteiger partial charge on any atom is 0.466 e. The Bertz CT molecular complexity index is 305. The lowest BCUT2D eigenvalue weighted by Gasteiger charge is -2.26. The quantitative estimate of drug-likeness (QED) is 0.459. The maximum atomic E-state index is 12.1. The van der Waals surface area contributed by atoms with Crippen molar-refractivity contribution in [1.29, 1.82) is 0 Å². The van der Waals surface area contributed by atoms with Crippen molar-refractivity contribution in [2.45, 2.75) is 30.8 Å². The number of phosphoric acid groups is 1. The lowest BCUT2D eigenvalue weighted by atomic mass is 10.1. The molecule has 2 atom stereocenters. The molecule has 0 spiro atoms. The molecule has 0 saturated carbocycles. The molecule has 118 valence electrons. The number of hydrogen-bond acceptors (Lipinski definition) is 2. The highest BCUT2D eigenvalue weighted by molar-refractivity contribution is 7.45. The van der Waals surface area contributed by atoms with Gasteiger partial charge in [0.15, 0.2) is 6.17 Å². The van der Waals surface area contributed by atoms with Gasteiger partial charge in [-0.1, -0.05) is 0 Å². The summed E-state index contributed by atoms with van der Waals surface area (Å²) in [5.74, 6) is -5.90. The molecular weight excluding hydrogens is 323 g/mol. The maximum absolute atomic E-state index is 12.1. The Morgan fingerprint density at radius 3 is 1.32 bits per heavy atom. The number of rotatable bonds is 4. The Labute approximate surface area is 99.3 Å². The number of halogens is 8. The van der Waals surface area contributed by atoms with Crippen molar-refractivity contribution < 1.29 is 59.5 Å². The molecule has 0 aliphatic carbocycles. The molecule has 19 heavy (non-hydrogen) atoms. The Balaban J connectivity index is 0. The van der Waals surface area contributed by atoms with Crippen LogP contribution in [0.2, 0.25) is 0 Å². The number of alkyl halides is 8. The van der Waals surface area contributed by atoms with Gasteiger partial charge in [0, 0.05) is 0 Å². The van der Waals surface area contributed by atoms with Gasteiger partial charge in [-0.25, -0.2) is 22.1 Å².